The fourth-order valence-corrected chi connectivity index (χ4v) is 3.40. The zero-order chi connectivity index (χ0) is 18.4. The van der Waals surface area contributed by atoms with E-state index in [-0.39, 0.29) is 6.04 Å². The molecule has 0 amide bonds. The van der Waals surface area contributed by atoms with E-state index in [4.69, 9.17) is 4.74 Å². The van der Waals surface area contributed by atoms with Crippen LogP contribution >= 0.6 is 0 Å². The summed E-state index contributed by atoms with van der Waals surface area (Å²) in [5, 5.41) is 12.5. The number of ether oxygens (including phenoxy) is 1. The minimum absolute atomic E-state index is 0.0494. The number of hydrogen-bond acceptors (Lipinski definition) is 6. The number of tetrazole rings is 1. The van der Waals surface area contributed by atoms with E-state index in [0.717, 1.165) is 38.5 Å². The Kier molecular flexibility index (Phi) is 6.49. The summed E-state index contributed by atoms with van der Waals surface area (Å²) >= 11 is 0. The summed E-state index contributed by atoms with van der Waals surface area (Å²) in [7, 11) is 1.69. The molecule has 2 heterocycles. The average Bonchev–Trinajstić information content (AvgIpc) is 3.11. The first-order valence-electron chi connectivity index (χ1n) is 9.11. The van der Waals surface area contributed by atoms with Crippen LogP contribution in [0.3, 0.4) is 0 Å². The topological polar surface area (TPSA) is 59.3 Å². The van der Waals surface area contributed by atoms with Crippen LogP contribution in [0.1, 0.15) is 23.0 Å². The molecule has 1 aromatic carbocycles. The van der Waals surface area contributed by atoms with E-state index in [1.807, 2.05) is 10.8 Å². The number of benzene rings is 1. The molecule has 2 aromatic rings. The summed E-state index contributed by atoms with van der Waals surface area (Å²) in [6.07, 6.45) is 1.97. The van der Waals surface area contributed by atoms with Gasteiger partial charge in [-0.3, -0.25) is 9.80 Å². The van der Waals surface area contributed by atoms with E-state index in [1.54, 1.807) is 7.11 Å². The number of aryl methyl sites for hydroxylation is 1. The Bertz CT molecular complexity index is 690. The summed E-state index contributed by atoms with van der Waals surface area (Å²) in [6, 6.07) is 8.73. The summed E-state index contributed by atoms with van der Waals surface area (Å²) in [5.41, 5.74) is 2.48. The van der Waals surface area contributed by atoms with E-state index < -0.39 is 0 Å². The van der Waals surface area contributed by atoms with Crippen molar-refractivity contribution >= 4 is 0 Å². The molecule has 7 nitrogen and oxygen atoms in total. The third kappa shape index (κ3) is 4.35. The van der Waals surface area contributed by atoms with Gasteiger partial charge in [0.25, 0.3) is 0 Å². The fraction of sp³-hybridized carbons (Fsp3) is 0.526. The van der Waals surface area contributed by atoms with Crippen LogP contribution in [0, 0.1) is 6.92 Å². The van der Waals surface area contributed by atoms with Crippen molar-refractivity contribution in [1.29, 1.82) is 0 Å². The van der Waals surface area contributed by atoms with Crippen LogP contribution in [-0.2, 0) is 11.3 Å². The maximum atomic E-state index is 5.21. The second kappa shape index (κ2) is 9.02. The molecule has 0 bridgehead atoms. The van der Waals surface area contributed by atoms with Gasteiger partial charge in [0.1, 0.15) is 0 Å². The summed E-state index contributed by atoms with van der Waals surface area (Å²) in [5.74, 6) is 0.878. The van der Waals surface area contributed by atoms with Crippen LogP contribution in [-0.4, -0.2) is 76.4 Å². The van der Waals surface area contributed by atoms with Crippen molar-refractivity contribution in [1.82, 2.24) is 30.0 Å². The van der Waals surface area contributed by atoms with Crippen molar-refractivity contribution in [2.45, 2.75) is 19.5 Å². The molecular weight excluding hydrogens is 328 g/mol. The highest BCUT2D eigenvalue weighted by atomic mass is 16.5. The van der Waals surface area contributed by atoms with Gasteiger partial charge in [0.05, 0.1) is 19.2 Å². The van der Waals surface area contributed by atoms with Gasteiger partial charge in [0, 0.05) is 39.8 Å². The van der Waals surface area contributed by atoms with E-state index in [0.29, 0.717) is 13.2 Å². The van der Waals surface area contributed by atoms with Crippen LogP contribution in [0.4, 0.5) is 0 Å². The predicted octanol–water partition coefficient (Wildman–Crippen LogP) is 1.52. The van der Waals surface area contributed by atoms with Crippen molar-refractivity contribution in [2.24, 2.45) is 0 Å². The van der Waals surface area contributed by atoms with Crippen molar-refractivity contribution in [3.8, 4) is 0 Å². The molecule has 1 aliphatic heterocycles. The zero-order valence-electron chi connectivity index (χ0n) is 15.7. The SMILES string of the molecule is C=CCN1CCN(C(c2ccc(C)cc2)c2nnnn2CCOC)CC1. The first-order chi connectivity index (χ1) is 12.7. The Morgan fingerprint density at radius 3 is 2.58 bits per heavy atom. The Balaban J connectivity index is 1.87. The van der Waals surface area contributed by atoms with Crippen molar-refractivity contribution in [2.75, 3.05) is 46.4 Å². The van der Waals surface area contributed by atoms with E-state index in [1.165, 1.54) is 11.1 Å². The maximum Gasteiger partial charge on any atom is 0.173 e. The molecule has 1 saturated heterocycles. The van der Waals surface area contributed by atoms with Crippen LogP contribution < -0.4 is 0 Å². The Hall–Kier alpha value is -2.09. The molecule has 1 unspecified atom stereocenters. The molecule has 7 heteroatoms. The minimum Gasteiger partial charge on any atom is -0.383 e. The lowest BCUT2D eigenvalue weighted by atomic mass is 10.0. The first-order valence-corrected chi connectivity index (χ1v) is 9.11. The molecule has 1 aliphatic rings. The quantitative estimate of drug-likeness (QED) is 0.669. The maximum absolute atomic E-state index is 5.21. The molecule has 0 aliphatic carbocycles. The lowest BCUT2D eigenvalue weighted by Crippen LogP contribution is -2.48. The van der Waals surface area contributed by atoms with Crippen molar-refractivity contribution in [3.05, 3.63) is 53.9 Å². The van der Waals surface area contributed by atoms with Crippen LogP contribution in [0.2, 0.25) is 0 Å². The third-order valence-electron chi connectivity index (χ3n) is 4.86. The molecule has 1 atom stereocenters. The van der Waals surface area contributed by atoms with Gasteiger partial charge >= 0.3 is 0 Å². The summed E-state index contributed by atoms with van der Waals surface area (Å²) in [6.45, 7) is 12.1. The number of rotatable bonds is 8. The van der Waals surface area contributed by atoms with Gasteiger partial charge in [0.15, 0.2) is 5.82 Å². The molecule has 1 fully saturated rings. The smallest absolute Gasteiger partial charge is 0.173 e. The monoisotopic (exact) mass is 356 g/mol. The molecule has 140 valence electrons. The first kappa shape index (κ1) is 18.7. The lowest BCUT2D eigenvalue weighted by Gasteiger charge is -2.38. The van der Waals surface area contributed by atoms with Gasteiger partial charge in [-0.15, -0.1) is 11.7 Å². The predicted molar refractivity (Wildman–Crippen MR) is 101 cm³/mol. The molecule has 0 radical (unpaired) electrons. The fourth-order valence-electron chi connectivity index (χ4n) is 3.40. The number of hydrogen-bond donors (Lipinski definition) is 0. The highest BCUT2D eigenvalue weighted by Crippen LogP contribution is 2.28. The third-order valence-corrected chi connectivity index (χ3v) is 4.86. The lowest BCUT2D eigenvalue weighted by molar-refractivity contribution is 0.111. The zero-order valence-corrected chi connectivity index (χ0v) is 15.7. The largest absolute Gasteiger partial charge is 0.383 e. The van der Waals surface area contributed by atoms with Gasteiger partial charge in [0.2, 0.25) is 0 Å². The number of nitrogens with zero attached hydrogens (tertiary/aromatic N) is 6. The molecule has 26 heavy (non-hydrogen) atoms. The average molecular weight is 356 g/mol. The molecule has 1 aromatic heterocycles. The van der Waals surface area contributed by atoms with Crippen LogP contribution in [0.5, 0.6) is 0 Å². The Morgan fingerprint density at radius 1 is 1.19 bits per heavy atom. The molecule has 0 saturated carbocycles. The molecule has 0 spiro atoms. The van der Waals surface area contributed by atoms with Gasteiger partial charge in [-0.25, -0.2) is 4.68 Å². The van der Waals surface area contributed by atoms with Crippen LogP contribution in [0.15, 0.2) is 36.9 Å². The van der Waals surface area contributed by atoms with Gasteiger partial charge in [-0.1, -0.05) is 35.9 Å². The highest BCUT2D eigenvalue weighted by molar-refractivity contribution is 5.28. The molecule has 0 N–H and O–H groups in total. The van der Waals surface area contributed by atoms with Crippen molar-refractivity contribution in [3.63, 3.8) is 0 Å². The second-order valence-corrected chi connectivity index (χ2v) is 6.69. The van der Waals surface area contributed by atoms with Crippen LogP contribution in [0.25, 0.3) is 0 Å². The summed E-state index contributed by atoms with van der Waals surface area (Å²) < 4.78 is 7.08. The summed E-state index contributed by atoms with van der Waals surface area (Å²) in [4.78, 5) is 4.89. The Labute approximate surface area is 155 Å². The minimum atomic E-state index is 0.0494. The number of aromatic nitrogens is 4. The standard InChI is InChI=1S/C19H28N6O/c1-4-9-23-10-12-24(13-11-23)18(17-7-5-16(2)6-8-17)19-20-21-22-25(19)14-15-26-3/h4-8,18H,1,9-15H2,2-3H3. The van der Waals surface area contributed by atoms with E-state index >= 15 is 0 Å². The normalized spacial score (nSPS) is 17.3. The van der Waals surface area contributed by atoms with Gasteiger partial charge < -0.3 is 4.74 Å². The highest BCUT2D eigenvalue weighted by Gasteiger charge is 2.30. The second-order valence-electron chi connectivity index (χ2n) is 6.69. The number of piperazine rings is 1. The Morgan fingerprint density at radius 2 is 1.92 bits per heavy atom. The molecule has 3 rings (SSSR count). The number of methoxy groups -OCH3 is 1. The van der Waals surface area contributed by atoms with Gasteiger partial charge in [-0.05, 0) is 22.9 Å². The van der Waals surface area contributed by atoms with E-state index in [9.17, 15) is 0 Å². The molecular formula is C19H28N6O. The van der Waals surface area contributed by atoms with Crippen molar-refractivity contribution < 1.29 is 4.74 Å². The van der Waals surface area contributed by atoms with Gasteiger partial charge in [-0.2, -0.15) is 0 Å². The van der Waals surface area contributed by atoms with E-state index in [2.05, 4.69) is 63.1 Å².